The number of nitrogens with zero attached hydrogens (tertiary/aromatic N) is 1. The SMILES string of the molecule is O=C(/C=C/c1ccnc2[nH]ccc12)N[C@H](CO)Cc1ccc(O)cc1. The Morgan fingerprint density at radius 1 is 1.24 bits per heavy atom. The zero-order chi connectivity index (χ0) is 17.6. The van der Waals surface area contributed by atoms with Crippen molar-refractivity contribution in [3.8, 4) is 5.75 Å². The number of fused-ring (bicyclic) bond motifs is 1. The van der Waals surface area contributed by atoms with Gasteiger partial charge in [0.1, 0.15) is 11.4 Å². The van der Waals surface area contributed by atoms with Crippen LogP contribution in [0.25, 0.3) is 17.1 Å². The van der Waals surface area contributed by atoms with E-state index in [1.807, 2.05) is 12.1 Å². The third kappa shape index (κ3) is 4.24. The van der Waals surface area contributed by atoms with Gasteiger partial charge in [-0.3, -0.25) is 4.79 Å². The number of aromatic amines is 1. The maximum Gasteiger partial charge on any atom is 0.244 e. The quantitative estimate of drug-likeness (QED) is 0.517. The molecule has 3 aromatic rings. The minimum absolute atomic E-state index is 0.169. The van der Waals surface area contributed by atoms with Crippen LogP contribution in [0.1, 0.15) is 11.1 Å². The molecular formula is C19H19N3O3. The van der Waals surface area contributed by atoms with Crippen LogP contribution in [-0.4, -0.2) is 38.7 Å². The standard InChI is InChI=1S/C19H19N3O3/c23-12-15(11-13-1-4-16(24)5-2-13)22-18(25)6-3-14-7-9-20-19-17(14)8-10-21-19/h1-10,15,23-24H,11-12H2,(H,20,21)(H,22,25)/b6-3+/t15-/m0/s1. The number of phenols is 1. The highest BCUT2D eigenvalue weighted by molar-refractivity contribution is 5.95. The van der Waals surface area contributed by atoms with Gasteiger partial charge in [-0.05, 0) is 47.9 Å². The molecule has 0 saturated heterocycles. The summed E-state index contributed by atoms with van der Waals surface area (Å²) in [6.07, 6.45) is 7.13. The van der Waals surface area contributed by atoms with Gasteiger partial charge < -0.3 is 20.5 Å². The van der Waals surface area contributed by atoms with E-state index in [0.717, 1.165) is 22.2 Å². The van der Waals surface area contributed by atoms with Crippen molar-refractivity contribution in [3.63, 3.8) is 0 Å². The van der Waals surface area contributed by atoms with Crippen molar-refractivity contribution in [2.45, 2.75) is 12.5 Å². The minimum atomic E-state index is -0.397. The lowest BCUT2D eigenvalue weighted by Crippen LogP contribution is -2.38. The first-order valence-electron chi connectivity index (χ1n) is 7.95. The molecule has 0 unspecified atom stereocenters. The van der Waals surface area contributed by atoms with Crippen LogP contribution in [0.2, 0.25) is 0 Å². The molecule has 0 saturated carbocycles. The summed E-state index contributed by atoms with van der Waals surface area (Å²) >= 11 is 0. The highest BCUT2D eigenvalue weighted by Gasteiger charge is 2.11. The number of hydrogen-bond acceptors (Lipinski definition) is 4. The topological polar surface area (TPSA) is 98.2 Å². The summed E-state index contributed by atoms with van der Waals surface area (Å²) in [7, 11) is 0. The third-order valence-corrected chi connectivity index (χ3v) is 3.89. The Morgan fingerprint density at radius 2 is 2.04 bits per heavy atom. The third-order valence-electron chi connectivity index (χ3n) is 3.89. The normalized spacial score (nSPS) is 12.5. The molecule has 4 N–H and O–H groups in total. The molecule has 0 spiro atoms. The minimum Gasteiger partial charge on any atom is -0.508 e. The zero-order valence-electron chi connectivity index (χ0n) is 13.5. The number of aliphatic hydroxyl groups excluding tert-OH is 1. The molecular weight excluding hydrogens is 318 g/mol. The van der Waals surface area contributed by atoms with Crippen LogP contribution < -0.4 is 5.32 Å². The first-order valence-corrected chi connectivity index (χ1v) is 7.95. The van der Waals surface area contributed by atoms with Crippen LogP contribution in [0.15, 0.2) is 54.9 Å². The van der Waals surface area contributed by atoms with Crippen molar-refractivity contribution in [3.05, 3.63) is 66.0 Å². The Kier molecular flexibility index (Phi) is 5.11. The van der Waals surface area contributed by atoms with Crippen LogP contribution in [0, 0.1) is 0 Å². The number of amides is 1. The number of aromatic nitrogens is 2. The largest absolute Gasteiger partial charge is 0.508 e. The van der Waals surface area contributed by atoms with Crippen LogP contribution in [0.3, 0.4) is 0 Å². The van der Waals surface area contributed by atoms with E-state index in [2.05, 4.69) is 15.3 Å². The van der Waals surface area contributed by atoms with E-state index in [-0.39, 0.29) is 18.3 Å². The molecule has 3 rings (SSSR count). The van der Waals surface area contributed by atoms with Gasteiger partial charge in [0.05, 0.1) is 12.6 Å². The van der Waals surface area contributed by atoms with E-state index < -0.39 is 6.04 Å². The smallest absolute Gasteiger partial charge is 0.244 e. The predicted molar refractivity (Wildman–Crippen MR) is 96.0 cm³/mol. The van der Waals surface area contributed by atoms with E-state index in [4.69, 9.17) is 0 Å². The molecule has 0 aliphatic heterocycles. The Bertz CT molecular complexity index is 884. The Hall–Kier alpha value is -3.12. The molecule has 0 fully saturated rings. The van der Waals surface area contributed by atoms with E-state index >= 15 is 0 Å². The number of aliphatic hydroxyl groups is 1. The number of benzene rings is 1. The molecule has 6 nitrogen and oxygen atoms in total. The molecule has 0 radical (unpaired) electrons. The average Bonchev–Trinajstić information content (AvgIpc) is 3.10. The number of carbonyl (C=O) groups is 1. The van der Waals surface area contributed by atoms with Crippen molar-refractivity contribution < 1.29 is 15.0 Å². The second-order valence-electron chi connectivity index (χ2n) is 5.73. The molecule has 2 aromatic heterocycles. The van der Waals surface area contributed by atoms with Gasteiger partial charge in [0, 0.05) is 23.9 Å². The Balaban J connectivity index is 1.64. The van der Waals surface area contributed by atoms with Crippen molar-refractivity contribution in [2.24, 2.45) is 0 Å². The van der Waals surface area contributed by atoms with Gasteiger partial charge in [-0.2, -0.15) is 0 Å². The lowest BCUT2D eigenvalue weighted by molar-refractivity contribution is -0.117. The number of phenolic OH excluding ortho intramolecular Hbond substituents is 1. The number of aromatic hydroxyl groups is 1. The van der Waals surface area contributed by atoms with Crippen molar-refractivity contribution in [1.82, 2.24) is 15.3 Å². The first-order chi connectivity index (χ1) is 12.2. The van der Waals surface area contributed by atoms with Gasteiger partial charge in [-0.25, -0.2) is 4.98 Å². The molecule has 1 amide bonds. The van der Waals surface area contributed by atoms with Crippen molar-refractivity contribution in [1.29, 1.82) is 0 Å². The predicted octanol–water partition coefficient (Wildman–Crippen LogP) is 2.00. The lowest BCUT2D eigenvalue weighted by atomic mass is 10.1. The van der Waals surface area contributed by atoms with Gasteiger partial charge in [-0.15, -0.1) is 0 Å². The Labute approximate surface area is 144 Å². The molecule has 1 aromatic carbocycles. The average molecular weight is 337 g/mol. The summed E-state index contributed by atoms with van der Waals surface area (Å²) < 4.78 is 0. The number of rotatable bonds is 6. The monoisotopic (exact) mass is 337 g/mol. The van der Waals surface area contributed by atoms with Crippen LogP contribution in [0.5, 0.6) is 5.75 Å². The van der Waals surface area contributed by atoms with Gasteiger partial charge >= 0.3 is 0 Å². The van der Waals surface area contributed by atoms with Crippen molar-refractivity contribution in [2.75, 3.05) is 6.61 Å². The number of nitrogens with one attached hydrogen (secondary N) is 2. The highest BCUT2D eigenvalue weighted by Crippen LogP contribution is 2.16. The molecule has 0 aliphatic carbocycles. The summed E-state index contributed by atoms with van der Waals surface area (Å²) in [5, 5.41) is 22.5. The summed E-state index contributed by atoms with van der Waals surface area (Å²) in [5.41, 5.74) is 2.58. The number of H-pyrrole nitrogens is 1. The van der Waals surface area contributed by atoms with Gasteiger partial charge in [0.25, 0.3) is 0 Å². The first kappa shape index (κ1) is 16.7. The second kappa shape index (κ2) is 7.63. The van der Waals surface area contributed by atoms with E-state index in [9.17, 15) is 15.0 Å². The Morgan fingerprint density at radius 3 is 2.80 bits per heavy atom. The fourth-order valence-electron chi connectivity index (χ4n) is 2.62. The fraction of sp³-hybridized carbons (Fsp3) is 0.158. The van der Waals surface area contributed by atoms with Gasteiger partial charge in [0.2, 0.25) is 5.91 Å². The number of pyridine rings is 1. The maximum absolute atomic E-state index is 12.1. The summed E-state index contributed by atoms with van der Waals surface area (Å²) in [6.45, 7) is -0.169. The van der Waals surface area contributed by atoms with E-state index in [1.165, 1.54) is 6.08 Å². The highest BCUT2D eigenvalue weighted by atomic mass is 16.3. The maximum atomic E-state index is 12.1. The summed E-state index contributed by atoms with van der Waals surface area (Å²) in [5.74, 6) is -0.0944. The van der Waals surface area contributed by atoms with Crippen LogP contribution >= 0.6 is 0 Å². The van der Waals surface area contributed by atoms with E-state index in [1.54, 1.807) is 42.7 Å². The van der Waals surface area contributed by atoms with E-state index in [0.29, 0.717) is 6.42 Å². The molecule has 128 valence electrons. The molecule has 0 bridgehead atoms. The number of carbonyl (C=O) groups excluding carboxylic acids is 1. The molecule has 25 heavy (non-hydrogen) atoms. The van der Waals surface area contributed by atoms with Crippen LogP contribution in [-0.2, 0) is 11.2 Å². The second-order valence-corrected chi connectivity index (χ2v) is 5.73. The lowest BCUT2D eigenvalue weighted by Gasteiger charge is -2.15. The molecule has 0 aliphatic rings. The molecule has 6 heteroatoms. The molecule has 2 heterocycles. The number of hydrogen-bond donors (Lipinski definition) is 4. The van der Waals surface area contributed by atoms with Gasteiger partial charge in [-0.1, -0.05) is 12.1 Å². The fourth-order valence-corrected chi connectivity index (χ4v) is 2.62. The zero-order valence-corrected chi connectivity index (χ0v) is 13.5. The molecule has 1 atom stereocenters. The van der Waals surface area contributed by atoms with Crippen LogP contribution in [0.4, 0.5) is 0 Å². The van der Waals surface area contributed by atoms with Crippen molar-refractivity contribution >= 4 is 23.0 Å². The summed E-state index contributed by atoms with van der Waals surface area (Å²) in [4.78, 5) is 19.4. The van der Waals surface area contributed by atoms with Gasteiger partial charge in [0.15, 0.2) is 0 Å². The summed E-state index contributed by atoms with van der Waals surface area (Å²) in [6, 6.07) is 10.0.